The lowest BCUT2D eigenvalue weighted by atomic mass is 10.00. The molecule has 1 aliphatic rings. The van der Waals surface area contributed by atoms with Gasteiger partial charge in [-0.3, -0.25) is 4.90 Å². The number of aryl methyl sites for hydroxylation is 1. The van der Waals surface area contributed by atoms with Crippen LogP contribution >= 0.6 is 0 Å². The van der Waals surface area contributed by atoms with E-state index in [1.807, 2.05) is 36.4 Å². The van der Waals surface area contributed by atoms with Crippen LogP contribution in [-0.4, -0.2) is 41.0 Å². The Morgan fingerprint density at radius 2 is 1.58 bits per heavy atom. The molecule has 4 heteroatoms. The first-order chi connectivity index (χ1) is 15.2. The van der Waals surface area contributed by atoms with Crippen molar-refractivity contribution in [2.75, 3.05) is 13.1 Å². The van der Waals surface area contributed by atoms with Gasteiger partial charge in [-0.05, 0) is 30.0 Å². The highest BCUT2D eigenvalue weighted by atomic mass is 16.6. The zero-order chi connectivity index (χ0) is 21.5. The van der Waals surface area contributed by atoms with E-state index in [4.69, 9.17) is 4.84 Å². The molecule has 0 unspecified atom stereocenters. The fourth-order valence-electron chi connectivity index (χ4n) is 4.16. The van der Waals surface area contributed by atoms with Gasteiger partial charge in [0.05, 0.1) is 11.8 Å². The van der Waals surface area contributed by atoms with Crippen molar-refractivity contribution in [3.8, 4) is 0 Å². The highest BCUT2D eigenvalue weighted by molar-refractivity contribution is 6.02. The van der Waals surface area contributed by atoms with E-state index in [0.29, 0.717) is 13.0 Å². The Labute approximate surface area is 184 Å². The van der Waals surface area contributed by atoms with E-state index >= 15 is 0 Å². The lowest BCUT2D eigenvalue weighted by Gasteiger charge is -2.27. The topological polar surface area (TPSA) is 45.1 Å². The molecular weight excluding hydrogens is 384 g/mol. The molecule has 0 aliphatic carbocycles. The molecule has 1 heterocycles. The van der Waals surface area contributed by atoms with E-state index in [9.17, 15) is 5.11 Å². The monoisotopic (exact) mass is 414 g/mol. The van der Waals surface area contributed by atoms with Gasteiger partial charge in [-0.25, -0.2) is 0 Å². The number of nitrogens with zero attached hydrogens (tertiary/aromatic N) is 2. The minimum absolute atomic E-state index is 0.0118. The normalized spacial score (nSPS) is 16.7. The molecule has 31 heavy (non-hydrogen) atoms. The zero-order valence-electron chi connectivity index (χ0n) is 18.0. The molecule has 0 spiro atoms. The Balaban J connectivity index is 1.40. The molecule has 0 radical (unpaired) electrons. The van der Waals surface area contributed by atoms with Gasteiger partial charge >= 0.3 is 0 Å². The zero-order valence-corrected chi connectivity index (χ0v) is 18.0. The second-order valence-corrected chi connectivity index (χ2v) is 8.31. The van der Waals surface area contributed by atoms with Gasteiger partial charge in [0.2, 0.25) is 0 Å². The van der Waals surface area contributed by atoms with Crippen molar-refractivity contribution in [3.05, 3.63) is 107 Å². The number of rotatable bonds is 9. The van der Waals surface area contributed by atoms with Crippen LogP contribution < -0.4 is 0 Å². The Kier molecular flexibility index (Phi) is 7.13. The standard InChI is InChI=1S/C27H30N2O2/c1-21-10-8-9-15-26(21)27-17-25(31-28-27)20-29(18-23-13-6-3-7-14-23)19-24(30)16-22-11-4-2-5-12-22/h2-15,24-25,30H,16-20H2,1H3/t24-,25+/m0/s1. The van der Waals surface area contributed by atoms with Crippen LogP contribution in [0.3, 0.4) is 0 Å². The van der Waals surface area contributed by atoms with E-state index < -0.39 is 6.10 Å². The molecule has 4 nitrogen and oxygen atoms in total. The summed E-state index contributed by atoms with van der Waals surface area (Å²) in [5.41, 5.74) is 5.76. The van der Waals surface area contributed by atoms with Crippen LogP contribution in [0.15, 0.2) is 90.1 Å². The molecule has 0 amide bonds. The number of aliphatic hydroxyl groups is 1. The molecule has 0 saturated heterocycles. The van der Waals surface area contributed by atoms with E-state index in [2.05, 4.69) is 65.5 Å². The third-order valence-electron chi connectivity index (χ3n) is 5.68. The number of hydrogen-bond donors (Lipinski definition) is 1. The Hall–Kier alpha value is -2.95. The summed E-state index contributed by atoms with van der Waals surface area (Å²) in [5, 5.41) is 15.2. The van der Waals surface area contributed by atoms with E-state index in [0.717, 1.165) is 36.3 Å². The predicted octanol–water partition coefficient (Wildman–Crippen LogP) is 4.59. The maximum atomic E-state index is 10.8. The molecule has 0 fully saturated rings. The van der Waals surface area contributed by atoms with Crippen molar-refractivity contribution in [1.29, 1.82) is 0 Å². The molecule has 2 atom stereocenters. The summed E-state index contributed by atoms with van der Waals surface area (Å²) in [4.78, 5) is 8.09. The summed E-state index contributed by atoms with van der Waals surface area (Å²) in [6, 6.07) is 28.8. The lowest BCUT2D eigenvalue weighted by Crippen LogP contribution is -2.38. The van der Waals surface area contributed by atoms with Gasteiger partial charge in [0, 0.05) is 31.6 Å². The molecule has 4 rings (SSSR count). The molecule has 3 aromatic carbocycles. The molecular formula is C27H30N2O2. The molecule has 0 aromatic heterocycles. The van der Waals surface area contributed by atoms with Gasteiger partial charge in [0.25, 0.3) is 0 Å². The lowest BCUT2D eigenvalue weighted by molar-refractivity contribution is 0.0322. The first kappa shape index (κ1) is 21.3. The van der Waals surface area contributed by atoms with Gasteiger partial charge < -0.3 is 9.94 Å². The molecule has 1 N–H and O–H groups in total. The largest absolute Gasteiger partial charge is 0.391 e. The van der Waals surface area contributed by atoms with Crippen LogP contribution in [0.4, 0.5) is 0 Å². The summed E-state index contributed by atoms with van der Waals surface area (Å²) in [5.74, 6) is 0. The van der Waals surface area contributed by atoms with Crippen LogP contribution in [0.2, 0.25) is 0 Å². The maximum absolute atomic E-state index is 10.8. The molecule has 0 saturated carbocycles. The second-order valence-electron chi connectivity index (χ2n) is 8.31. The average Bonchev–Trinajstić information content (AvgIpc) is 3.23. The second kappa shape index (κ2) is 10.4. The van der Waals surface area contributed by atoms with Crippen molar-refractivity contribution in [2.24, 2.45) is 5.16 Å². The number of oxime groups is 1. The van der Waals surface area contributed by atoms with E-state index in [-0.39, 0.29) is 6.10 Å². The summed E-state index contributed by atoms with van der Waals surface area (Å²) in [6.07, 6.45) is 0.972. The Morgan fingerprint density at radius 1 is 0.935 bits per heavy atom. The van der Waals surface area contributed by atoms with Crippen LogP contribution in [0.5, 0.6) is 0 Å². The third kappa shape index (κ3) is 6.03. The van der Waals surface area contributed by atoms with Gasteiger partial charge in [-0.15, -0.1) is 0 Å². The molecule has 3 aromatic rings. The van der Waals surface area contributed by atoms with Crippen LogP contribution in [0.1, 0.15) is 28.7 Å². The fourth-order valence-corrected chi connectivity index (χ4v) is 4.16. The minimum atomic E-state index is -0.440. The smallest absolute Gasteiger partial charge is 0.145 e. The van der Waals surface area contributed by atoms with E-state index in [1.54, 1.807) is 0 Å². The third-order valence-corrected chi connectivity index (χ3v) is 5.68. The van der Waals surface area contributed by atoms with Crippen molar-refractivity contribution in [1.82, 2.24) is 4.90 Å². The number of hydrogen-bond acceptors (Lipinski definition) is 4. The number of benzene rings is 3. The van der Waals surface area contributed by atoms with Gasteiger partial charge in [0.1, 0.15) is 6.10 Å². The summed E-state index contributed by atoms with van der Waals surface area (Å²) >= 11 is 0. The minimum Gasteiger partial charge on any atom is -0.391 e. The molecule has 1 aliphatic heterocycles. The Bertz CT molecular complexity index is 988. The Morgan fingerprint density at radius 3 is 2.29 bits per heavy atom. The molecule has 0 bridgehead atoms. The number of aliphatic hydroxyl groups excluding tert-OH is 1. The van der Waals surface area contributed by atoms with Crippen molar-refractivity contribution < 1.29 is 9.94 Å². The van der Waals surface area contributed by atoms with Crippen LogP contribution in [0.25, 0.3) is 0 Å². The highest BCUT2D eigenvalue weighted by Crippen LogP contribution is 2.21. The first-order valence-electron chi connectivity index (χ1n) is 10.9. The van der Waals surface area contributed by atoms with Gasteiger partial charge in [-0.2, -0.15) is 0 Å². The average molecular weight is 415 g/mol. The van der Waals surface area contributed by atoms with Crippen molar-refractivity contribution >= 4 is 5.71 Å². The molecule has 160 valence electrons. The fraction of sp³-hybridized carbons (Fsp3) is 0.296. The quantitative estimate of drug-likeness (QED) is 0.557. The van der Waals surface area contributed by atoms with Gasteiger partial charge in [-0.1, -0.05) is 90.1 Å². The van der Waals surface area contributed by atoms with Crippen molar-refractivity contribution in [3.63, 3.8) is 0 Å². The van der Waals surface area contributed by atoms with Crippen LogP contribution in [-0.2, 0) is 17.8 Å². The highest BCUT2D eigenvalue weighted by Gasteiger charge is 2.26. The summed E-state index contributed by atoms with van der Waals surface area (Å²) < 4.78 is 0. The maximum Gasteiger partial charge on any atom is 0.145 e. The van der Waals surface area contributed by atoms with Crippen LogP contribution in [0, 0.1) is 6.92 Å². The predicted molar refractivity (Wildman–Crippen MR) is 125 cm³/mol. The summed E-state index contributed by atoms with van der Waals surface area (Å²) in [7, 11) is 0. The van der Waals surface area contributed by atoms with E-state index in [1.165, 1.54) is 11.1 Å². The first-order valence-corrected chi connectivity index (χ1v) is 10.9. The summed E-state index contributed by atoms with van der Waals surface area (Å²) in [6.45, 7) is 4.18. The van der Waals surface area contributed by atoms with Gasteiger partial charge in [0.15, 0.2) is 0 Å². The SMILES string of the molecule is Cc1ccccc1C1=NO[C@@H](CN(Cc2ccccc2)C[C@@H](O)Cc2ccccc2)C1. The van der Waals surface area contributed by atoms with Crippen molar-refractivity contribution in [2.45, 2.75) is 38.5 Å².